The maximum Gasteiger partial charge on any atom is 0.344 e. The molecule has 1 atom stereocenters. The van der Waals surface area contributed by atoms with E-state index in [-0.39, 0.29) is 19.1 Å². The van der Waals surface area contributed by atoms with Crippen molar-refractivity contribution >= 4 is 29.3 Å². The molecule has 1 aliphatic heterocycles. The third-order valence-corrected chi connectivity index (χ3v) is 5.58. The molecule has 0 radical (unpaired) electrons. The molecule has 0 unspecified atom stereocenters. The molecule has 0 N–H and O–H groups in total. The number of ether oxygens (including phenoxy) is 2. The summed E-state index contributed by atoms with van der Waals surface area (Å²) in [5.74, 6) is -0.146. The van der Waals surface area contributed by atoms with Gasteiger partial charge in [0.2, 0.25) is 0 Å². The van der Waals surface area contributed by atoms with Gasteiger partial charge in [-0.3, -0.25) is 4.79 Å². The van der Waals surface area contributed by atoms with Crippen LogP contribution in [0.4, 0.5) is 5.69 Å². The fourth-order valence-electron chi connectivity index (χ4n) is 2.86. The molecule has 27 heavy (non-hydrogen) atoms. The number of para-hydroxylation sites is 2. The number of rotatable bonds is 5. The zero-order valence-corrected chi connectivity index (χ0v) is 16.3. The maximum absolute atomic E-state index is 12.7. The number of hydrogen-bond acceptors (Lipinski definition) is 5. The fraction of sp³-hybridized carbons (Fsp3) is 0.333. The van der Waals surface area contributed by atoms with E-state index < -0.39 is 5.97 Å². The van der Waals surface area contributed by atoms with Gasteiger partial charge >= 0.3 is 5.97 Å². The van der Waals surface area contributed by atoms with Gasteiger partial charge in [0, 0.05) is 16.7 Å². The molecule has 0 bridgehead atoms. The summed E-state index contributed by atoms with van der Waals surface area (Å²) < 4.78 is 10.6. The van der Waals surface area contributed by atoms with Crippen LogP contribution in [0.15, 0.2) is 53.4 Å². The van der Waals surface area contributed by atoms with Crippen molar-refractivity contribution in [2.24, 2.45) is 0 Å². The maximum atomic E-state index is 12.7. The van der Waals surface area contributed by atoms with Crippen molar-refractivity contribution in [3.63, 3.8) is 0 Å². The van der Waals surface area contributed by atoms with Crippen LogP contribution in [0.3, 0.4) is 0 Å². The Labute approximate surface area is 163 Å². The van der Waals surface area contributed by atoms with E-state index in [0.717, 1.165) is 22.6 Å². The largest absolute Gasteiger partial charge is 0.482 e. The first-order valence-corrected chi connectivity index (χ1v) is 9.82. The Hall–Kier alpha value is -2.47. The van der Waals surface area contributed by atoms with Gasteiger partial charge in [0.15, 0.2) is 13.2 Å². The lowest BCUT2D eigenvalue weighted by atomic mass is 10.2. The molecule has 6 heteroatoms. The summed E-state index contributed by atoms with van der Waals surface area (Å²) in [5, 5.41) is 0.425. The van der Waals surface area contributed by atoms with Gasteiger partial charge < -0.3 is 14.4 Å². The Kier molecular flexibility index (Phi) is 6.40. The summed E-state index contributed by atoms with van der Waals surface area (Å²) in [4.78, 5) is 27.4. The van der Waals surface area contributed by atoms with Crippen molar-refractivity contribution in [3.8, 4) is 5.75 Å². The summed E-state index contributed by atoms with van der Waals surface area (Å²) in [6.45, 7) is 4.16. The van der Waals surface area contributed by atoms with Crippen molar-refractivity contribution in [1.82, 2.24) is 0 Å². The molecule has 1 aliphatic rings. The smallest absolute Gasteiger partial charge is 0.344 e. The molecular formula is C21H23NO4S. The summed E-state index contributed by atoms with van der Waals surface area (Å²) >= 11 is 1.76. The lowest BCUT2D eigenvalue weighted by Crippen LogP contribution is -2.36. The van der Waals surface area contributed by atoms with Gasteiger partial charge in [0.05, 0.1) is 5.69 Å². The van der Waals surface area contributed by atoms with E-state index in [4.69, 9.17) is 9.47 Å². The van der Waals surface area contributed by atoms with Crippen molar-refractivity contribution < 1.29 is 19.1 Å². The molecule has 142 valence electrons. The molecule has 3 rings (SSSR count). The van der Waals surface area contributed by atoms with Crippen LogP contribution in [-0.4, -0.2) is 36.9 Å². The molecule has 0 spiro atoms. The molecule has 0 aliphatic carbocycles. The van der Waals surface area contributed by atoms with Crippen LogP contribution in [0.25, 0.3) is 0 Å². The molecule has 2 aromatic rings. The SMILES string of the molecule is Cc1ccccc1OCC(=O)OCC(=O)N1CC[C@H](C)Sc2ccccc21. The number of amides is 1. The van der Waals surface area contributed by atoms with E-state index in [0.29, 0.717) is 17.5 Å². The number of carbonyl (C=O) groups excluding carboxylic acids is 2. The summed E-state index contributed by atoms with van der Waals surface area (Å²) in [6.07, 6.45) is 0.884. The van der Waals surface area contributed by atoms with Crippen molar-refractivity contribution in [2.75, 3.05) is 24.7 Å². The highest BCUT2D eigenvalue weighted by atomic mass is 32.2. The summed E-state index contributed by atoms with van der Waals surface area (Å²) in [7, 11) is 0. The number of anilines is 1. The fourth-order valence-corrected chi connectivity index (χ4v) is 3.98. The third-order valence-electron chi connectivity index (χ3n) is 4.34. The number of carbonyl (C=O) groups is 2. The lowest BCUT2D eigenvalue weighted by molar-refractivity contribution is -0.149. The van der Waals surface area contributed by atoms with E-state index in [2.05, 4.69) is 6.92 Å². The van der Waals surface area contributed by atoms with Gasteiger partial charge in [0.25, 0.3) is 5.91 Å². The predicted octanol–water partition coefficient (Wildman–Crippen LogP) is 3.83. The number of hydrogen-bond donors (Lipinski definition) is 0. The van der Waals surface area contributed by atoms with Crippen LogP contribution in [-0.2, 0) is 14.3 Å². The van der Waals surface area contributed by atoms with Crippen LogP contribution in [0.5, 0.6) is 5.75 Å². The quantitative estimate of drug-likeness (QED) is 0.732. The predicted molar refractivity (Wildman–Crippen MR) is 106 cm³/mol. The normalized spacial score (nSPS) is 16.2. The molecular weight excluding hydrogens is 362 g/mol. The standard InChI is InChI=1S/C21H23NO4S/c1-15-7-3-5-9-18(15)25-14-21(24)26-13-20(23)22-12-11-16(2)27-19-10-6-4-8-17(19)22/h3-10,16H,11-14H2,1-2H3/t16-/m0/s1. The van der Waals surface area contributed by atoms with Crippen molar-refractivity contribution in [1.29, 1.82) is 0 Å². The number of fused-ring (bicyclic) bond motifs is 1. The average molecular weight is 385 g/mol. The number of benzene rings is 2. The Bertz CT molecular complexity index is 823. The first kappa shape index (κ1) is 19.3. The molecule has 1 amide bonds. The van der Waals surface area contributed by atoms with E-state index in [1.54, 1.807) is 22.7 Å². The van der Waals surface area contributed by atoms with Crippen LogP contribution >= 0.6 is 11.8 Å². The topological polar surface area (TPSA) is 55.8 Å². The number of esters is 1. The van der Waals surface area contributed by atoms with Crippen molar-refractivity contribution in [2.45, 2.75) is 30.4 Å². The number of thioether (sulfide) groups is 1. The van der Waals surface area contributed by atoms with E-state index >= 15 is 0 Å². The second-order valence-electron chi connectivity index (χ2n) is 6.45. The Balaban J connectivity index is 1.56. The van der Waals surface area contributed by atoms with Gasteiger partial charge in [0.1, 0.15) is 5.75 Å². The first-order chi connectivity index (χ1) is 13.0. The van der Waals surface area contributed by atoms with E-state index in [1.165, 1.54) is 0 Å². The summed E-state index contributed by atoms with van der Waals surface area (Å²) in [5.41, 5.74) is 1.82. The Morgan fingerprint density at radius 2 is 1.85 bits per heavy atom. The second kappa shape index (κ2) is 8.95. The van der Waals surface area contributed by atoms with E-state index in [9.17, 15) is 9.59 Å². The second-order valence-corrected chi connectivity index (χ2v) is 7.93. The summed E-state index contributed by atoms with van der Waals surface area (Å²) in [6, 6.07) is 15.3. The zero-order valence-electron chi connectivity index (χ0n) is 15.5. The highest BCUT2D eigenvalue weighted by Crippen LogP contribution is 2.37. The molecule has 2 aromatic carbocycles. The number of aryl methyl sites for hydroxylation is 1. The molecule has 0 saturated carbocycles. The Morgan fingerprint density at radius 1 is 1.11 bits per heavy atom. The van der Waals surface area contributed by atoms with E-state index in [1.807, 2.05) is 49.4 Å². The average Bonchev–Trinajstić information content (AvgIpc) is 2.83. The number of nitrogens with zero attached hydrogens (tertiary/aromatic N) is 1. The van der Waals surface area contributed by atoms with Gasteiger partial charge in [-0.15, -0.1) is 11.8 Å². The van der Waals surface area contributed by atoms with Crippen molar-refractivity contribution in [3.05, 3.63) is 54.1 Å². The van der Waals surface area contributed by atoms with Gasteiger partial charge in [-0.25, -0.2) is 4.79 Å². The Morgan fingerprint density at radius 3 is 2.67 bits per heavy atom. The van der Waals surface area contributed by atoms with Gasteiger partial charge in [-0.2, -0.15) is 0 Å². The molecule has 5 nitrogen and oxygen atoms in total. The minimum Gasteiger partial charge on any atom is -0.482 e. The molecule has 1 heterocycles. The minimum atomic E-state index is -0.558. The van der Waals surface area contributed by atoms with Crippen LogP contribution in [0.1, 0.15) is 18.9 Å². The highest BCUT2D eigenvalue weighted by Gasteiger charge is 2.24. The third kappa shape index (κ3) is 5.04. The van der Waals surface area contributed by atoms with Crippen LogP contribution in [0, 0.1) is 6.92 Å². The molecule has 0 saturated heterocycles. The molecule has 0 aromatic heterocycles. The lowest BCUT2D eigenvalue weighted by Gasteiger charge is -2.22. The van der Waals surface area contributed by atoms with Gasteiger partial charge in [-0.1, -0.05) is 37.3 Å². The highest BCUT2D eigenvalue weighted by molar-refractivity contribution is 8.00. The first-order valence-electron chi connectivity index (χ1n) is 8.94. The minimum absolute atomic E-state index is 0.221. The van der Waals surface area contributed by atoms with Gasteiger partial charge in [-0.05, 0) is 37.1 Å². The molecule has 0 fully saturated rings. The van der Waals surface area contributed by atoms with Crippen LogP contribution in [0.2, 0.25) is 0 Å². The van der Waals surface area contributed by atoms with Crippen LogP contribution < -0.4 is 9.64 Å². The zero-order chi connectivity index (χ0) is 19.2. The monoisotopic (exact) mass is 385 g/mol.